The first-order valence-corrected chi connectivity index (χ1v) is 12.8. The topological polar surface area (TPSA) is 53.5 Å². The third-order valence-electron chi connectivity index (χ3n) is 6.01. The maximum absolute atomic E-state index is 13.3. The molecule has 0 radical (unpaired) electrons. The number of piperazine rings is 1. The van der Waals surface area contributed by atoms with Crippen LogP contribution in [0, 0.1) is 34.6 Å². The zero-order valence-corrected chi connectivity index (χ0v) is 20.4. The molecule has 31 heavy (non-hydrogen) atoms. The van der Waals surface area contributed by atoms with Crippen LogP contribution in [0.2, 0.25) is 0 Å². The van der Waals surface area contributed by atoms with Gasteiger partial charge in [-0.1, -0.05) is 29.8 Å². The fourth-order valence-electron chi connectivity index (χ4n) is 4.27. The van der Waals surface area contributed by atoms with Crippen molar-refractivity contribution in [2.45, 2.75) is 39.5 Å². The second-order valence-corrected chi connectivity index (χ2v) is 11.1. The van der Waals surface area contributed by atoms with Crippen molar-refractivity contribution in [3.8, 4) is 11.3 Å². The number of sulfonamides is 1. The SMILES string of the molecule is Cc1cc(C)c(S(=O)(=O)N2CCN(c3nc(-c4ccc(C)c(C)c4)cs3)CC2)c(C)c1. The minimum absolute atomic E-state index is 0.456. The van der Waals surface area contributed by atoms with Gasteiger partial charge in [0.15, 0.2) is 5.13 Å². The summed E-state index contributed by atoms with van der Waals surface area (Å²) >= 11 is 1.62. The van der Waals surface area contributed by atoms with Crippen LogP contribution in [0.1, 0.15) is 27.8 Å². The van der Waals surface area contributed by atoms with Crippen LogP contribution in [0.4, 0.5) is 5.13 Å². The summed E-state index contributed by atoms with van der Waals surface area (Å²) in [4.78, 5) is 7.48. The Hall–Kier alpha value is -2.22. The van der Waals surface area contributed by atoms with Crippen LogP contribution in [-0.4, -0.2) is 43.9 Å². The Bertz CT molecular complexity index is 1200. The molecule has 4 rings (SSSR count). The number of nitrogens with zero attached hydrogens (tertiary/aromatic N) is 3. The van der Waals surface area contributed by atoms with E-state index >= 15 is 0 Å². The number of aryl methyl sites for hydroxylation is 5. The molecule has 7 heteroatoms. The molecule has 0 spiro atoms. The van der Waals surface area contributed by atoms with Crippen molar-refractivity contribution < 1.29 is 8.42 Å². The molecular formula is C24H29N3O2S2. The van der Waals surface area contributed by atoms with Gasteiger partial charge in [-0.15, -0.1) is 11.3 Å². The lowest BCUT2D eigenvalue weighted by Crippen LogP contribution is -2.48. The van der Waals surface area contributed by atoms with Crippen LogP contribution >= 0.6 is 11.3 Å². The fourth-order valence-corrected chi connectivity index (χ4v) is 6.99. The number of rotatable bonds is 4. The molecule has 0 bridgehead atoms. The Morgan fingerprint density at radius 1 is 0.839 bits per heavy atom. The molecule has 1 aliphatic heterocycles. The average Bonchev–Trinajstić information content (AvgIpc) is 3.19. The number of benzene rings is 2. The van der Waals surface area contributed by atoms with Gasteiger partial charge in [-0.3, -0.25) is 0 Å². The van der Waals surface area contributed by atoms with Crippen molar-refractivity contribution in [1.29, 1.82) is 0 Å². The van der Waals surface area contributed by atoms with Crippen molar-refractivity contribution in [2.75, 3.05) is 31.1 Å². The molecule has 0 saturated carbocycles. The highest BCUT2D eigenvalue weighted by atomic mass is 32.2. The molecule has 2 aromatic carbocycles. The quantitative estimate of drug-likeness (QED) is 0.564. The highest BCUT2D eigenvalue weighted by Crippen LogP contribution is 2.31. The molecule has 1 aliphatic rings. The number of anilines is 1. The second-order valence-electron chi connectivity index (χ2n) is 8.43. The molecule has 1 saturated heterocycles. The fraction of sp³-hybridized carbons (Fsp3) is 0.375. The Morgan fingerprint density at radius 3 is 2.10 bits per heavy atom. The first kappa shape index (κ1) is 22.0. The molecule has 0 N–H and O–H groups in total. The van der Waals surface area contributed by atoms with E-state index in [0.29, 0.717) is 31.1 Å². The zero-order valence-electron chi connectivity index (χ0n) is 18.8. The summed E-state index contributed by atoms with van der Waals surface area (Å²) in [6.07, 6.45) is 0. The van der Waals surface area contributed by atoms with Crippen LogP contribution in [0.15, 0.2) is 40.6 Å². The van der Waals surface area contributed by atoms with Gasteiger partial charge in [0.1, 0.15) is 0 Å². The summed E-state index contributed by atoms with van der Waals surface area (Å²) in [6.45, 7) is 12.2. The number of thiazole rings is 1. The van der Waals surface area contributed by atoms with Crippen molar-refractivity contribution in [3.05, 3.63) is 63.5 Å². The van der Waals surface area contributed by atoms with E-state index in [1.54, 1.807) is 15.6 Å². The smallest absolute Gasteiger partial charge is 0.243 e. The van der Waals surface area contributed by atoms with Crippen LogP contribution in [0.3, 0.4) is 0 Å². The molecule has 3 aromatic rings. The van der Waals surface area contributed by atoms with E-state index in [9.17, 15) is 8.42 Å². The van der Waals surface area contributed by atoms with E-state index in [1.807, 2.05) is 32.9 Å². The van der Waals surface area contributed by atoms with E-state index in [2.05, 4.69) is 42.3 Å². The molecule has 5 nitrogen and oxygen atoms in total. The van der Waals surface area contributed by atoms with E-state index in [-0.39, 0.29) is 0 Å². The number of aromatic nitrogens is 1. The zero-order chi connectivity index (χ0) is 22.3. The minimum atomic E-state index is -3.50. The van der Waals surface area contributed by atoms with E-state index in [4.69, 9.17) is 4.98 Å². The van der Waals surface area contributed by atoms with E-state index in [0.717, 1.165) is 33.1 Å². The number of hydrogen-bond acceptors (Lipinski definition) is 5. The van der Waals surface area contributed by atoms with Crippen LogP contribution in [0.25, 0.3) is 11.3 Å². The van der Waals surface area contributed by atoms with Gasteiger partial charge in [0.05, 0.1) is 10.6 Å². The monoisotopic (exact) mass is 455 g/mol. The molecular weight excluding hydrogens is 426 g/mol. The first-order valence-electron chi connectivity index (χ1n) is 10.5. The largest absolute Gasteiger partial charge is 0.345 e. The molecule has 1 aromatic heterocycles. The molecule has 0 unspecified atom stereocenters. The predicted molar refractivity (Wildman–Crippen MR) is 129 cm³/mol. The van der Waals surface area contributed by atoms with Gasteiger partial charge in [-0.2, -0.15) is 4.31 Å². The second kappa shape index (κ2) is 8.37. The summed E-state index contributed by atoms with van der Waals surface area (Å²) in [7, 11) is -3.50. The predicted octanol–water partition coefficient (Wildman–Crippen LogP) is 4.86. The Morgan fingerprint density at radius 2 is 1.48 bits per heavy atom. The standard InChI is InChI=1S/C24H29N3O2S2/c1-16-12-19(4)23(20(5)13-16)31(28,29)27-10-8-26(9-11-27)24-25-22(15-30-24)21-7-6-17(2)18(3)14-21/h6-7,12-15H,8-11H2,1-5H3. The normalized spacial score (nSPS) is 15.5. The lowest BCUT2D eigenvalue weighted by atomic mass is 10.1. The van der Waals surface area contributed by atoms with Gasteiger partial charge < -0.3 is 4.90 Å². The van der Waals surface area contributed by atoms with Crippen molar-refractivity contribution in [3.63, 3.8) is 0 Å². The molecule has 0 atom stereocenters. The van der Waals surface area contributed by atoms with Crippen molar-refractivity contribution in [1.82, 2.24) is 9.29 Å². The highest BCUT2D eigenvalue weighted by Gasteiger charge is 2.31. The van der Waals surface area contributed by atoms with E-state index in [1.165, 1.54) is 11.1 Å². The van der Waals surface area contributed by atoms with Gasteiger partial charge in [-0.25, -0.2) is 13.4 Å². The average molecular weight is 456 g/mol. The molecule has 0 aliphatic carbocycles. The van der Waals surface area contributed by atoms with Crippen LogP contribution < -0.4 is 4.90 Å². The van der Waals surface area contributed by atoms with Crippen molar-refractivity contribution in [2.24, 2.45) is 0 Å². The van der Waals surface area contributed by atoms with Crippen molar-refractivity contribution >= 4 is 26.5 Å². The van der Waals surface area contributed by atoms with Gasteiger partial charge in [0, 0.05) is 37.1 Å². The van der Waals surface area contributed by atoms with Gasteiger partial charge in [-0.05, 0) is 62.9 Å². The lowest BCUT2D eigenvalue weighted by Gasteiger charge is -2.34. The maximum atomic E-state index is 13.3. The van der Waals surface area contributed by atoms with E-state index < -0.39 is 10.0 Å². The summed E-state index contributed by atoms with van der Waals surface area (Å²) in [6, 6.07) is 10.3. The summed E-state index contributed by atoms with van der Waals surface area (Å²) in [5, 5.41) is 3.04. The summed E-state index contributed by atoms with van der Waals surface area (Å²) in [5.74, 6) is 0. The Kier molecular flexibility index (Phi) is 5.94. The third kappa shape index (κ3) is 4.27. The van der Waals surface area contributed by atoms with Gasteiger partial charge in [0.25, 0.3) is 0 Å². The highest BCUT2D eigenvalue weighted by molar-refractivity contribution is 7.89. The molecule has 2 heterocycles. The molecule has 0 amide bonds. The van der Waals surface area contributed by atoms with Gasteiger partial charge >= 0.3 is 0 Å². The van der Waals surface area contributed by atoms with Crippen LogP contribution in [-0.2, 0) is 10.0 Å². The van der Waals surface area contributed by atoms with Gasteiger partial charge in [0.2, 0.25) is 10.0 Å². The van der Waals surface area contributed by atoms with Crippen LogP contribution in [0.5, 0.6) is 0 Å². The Labute approximate surface area is 189 Å². The lowest BCUT2D eigenvalue weighted by molar-refractivity contribution is 0.384. The maximum Gasteiger partial charge on any atom is 0.243 e. The Balaban J connectivity index is 1.49. The summed E-state index contributed by atoms with van der Waals surface area (Å²) < 4.78 is 28.3. The molecule has 1 fully saturated rings. The summed E-state index contributed by atoms with van der Waals surface area (Å²) in [5.41, 5.74) is 7.35. The first-order chi connectivity index (χ1) is 14.7. The minimum Gasteiger partial charge on any atom is -0.345 e. The third-order valence-corrected chi connectivity index (χ3v) is 9.11. The molecule has 164 valence electrons. The number of hydrogen-bond donors (Lipinski definition) is 0.